The molecule has 20 heavy (non-hydrogen) atoms. The van der Waals surface area contributed by atoms with Crippen LogP contribution < -0.4 is 4.74 Å². The first-order valence-corrected chi connectivity index (χ1v) is 6.92. The SMILES string of the molecule is N#Cc1cccc(Oc2ccc3ccccc3c2Br)c1. The molecular formula is C17H10BrNO. The minimum atomic E-state index is 0.583. The van der Waals surface area contributed by atoms with E-state index in [9.17, 15) is 0 Å². The van der Waals surface area contributed by atoms with Crippen LogP contribution in [-0.2, 0) is 0 Å². The monoisotopic (exact) mass is 323 g/mol. The summed E-state index contributed by atoms with van der Waals surface area (Å²) >= 11 is 3.58. The molecule has 3 aromatic carbocycles. The number of nitriles is 1. The van der Waals surface area contributed by atoms with Crippen molar-refractivity contribution in [3.63, 3.8) is 0 Å². The van der Waals surface area contributed by atoms with Crippen molar-refractivity contribution in [3.05, 3.63) is 70.7 Å². The Morgan fingerprint density at radius 2 is 1.80 bits per heavy atom. The summed E-state index contributed by atoms with van der Waals surface area (Å²) in [5.74, 6) is 1.39. The fraction of sp³-hybridized carbons (Fsp3) is 0. The Balaban J connectivity index is 2.02. The molecule has 0 amide bonds. The molecule has 96 valence electrons. The fourth-order valence-corrected chi connectivity index (χ4v) is 2.62. The zero-order chi connectivity index (χ0) is 13.9. The summed E-state index contributed by atoms with van der Waals surface area (Å²) in [6.07, 6.45) is 0. The minimum absolute atomic E-state index is 0.583. The first-order chi connectivity index (χ1) is 9.78. The van der Waals surface area contributed by atoms with E-state index in [4.69, 9.17) is 10.00 Å². The van der Waals surface area contributed by atoms with Crippen LogP contribution in [0.1, 0.15) is 5.56 Å². The summed E-state index contributed by atoms with van der Waals surface area (Å²) in [5, 5.41) is 11.2. The Bertz CT molecular complexity index is 821. The summed E-state index contributed by atoms with van der Waals surface area (Å²) in [5.41, 5.74) is 0.583. The van der Waals surface area contributed by atoms with Gasteiger partial charge >= 0.3 is 0 Å². The fourth-order valence-electron chi connectivity index (χ4n) is 2.05. The quantitative estimate of drug-likeness (QED) is 0.643. The van der Waals surface area contributed by atoms with Crippen molar-refractivity contribution < 1.29 is 4.74 Å². The van der Waals surface area contributed by atoms with E-state index < -0.39 is 0 Å². The Kier molecular flexibility index (Phi) is 3.41. The third-order valence-corrected chi connectivity index (χ3v) is 3.84. The number of nitrogens with zero attached hydrogens (tertiary/aromatic N) is 1. The van der Waals surface area contributed by atoms with Gasteiger partial charge in [0, 0.05) is 0 Å². The van der Waals surface area contributed by atoms with Crippen molar-refractivity contribution in [2.45, 2.75) is 0 Å². The number of halogens is 1. The van der Waals surface area contributed by atoms with Crippen LogP contribution in [0.25, 0.3) is 10.8 Å². The molecule has 0 aliphatic rings. The van der Waals surface area contributed by atoms with Gasteiger partial charge in [0.25, 0.3) is 0 Å². The topological polar surface area (TPSA) is 33.0 Å². The van der Waals surface area contributed by atoms with E-state index in [0.717, 1.165) is 21.0 Å². The van der Waals surface area contributed by atoms with E-state index in [-0.39, 0.29) is 0 Å². The molecule has 0 aromatic heterocycles. The van der Waals surface area contributed by atoms with E-state index in [1.54, 1.807) is 12.1 Å². The molecule has 0 aliphatic carbocycles. The highest BCUT2D eigenvalue weighted by atomic mass is 79.9. The number of fused-ring (bicyclic) bond motifs is 1. The average Bonchev–Trinajstić information content (AvgIpc) is 2.50. The zero-order valence-electron chi connectivity index (χ0n) is 10.5. The van der Waals surface area contributed by atoms with Crippen LogP contribution in [0.2, 0.25) is 0 Å². The standard InChI is InChI=1S/C17H10BrNO/c18-17-15-7-2-1-5-13(15)8-9-16(17)20-14-6-3-4-12(10-14)11-19/h1-10H. The summed E-state index contributed by atoms with van der Waals surface area (Å²) in [7, 11) is 0. The number of hydrogen-bond donors (Lipinski definition) is 0. The minimum Gasteiger partial charge on any atom is -0.456 e. The molecule has 0 radical (unpaired) electrons. The maximum Gasteiger partial charge on any atom is 0.142 e. The molecule has 3 rings (SSSR count). The second-order valence-corrected chi connectivity index (χ2v) is 5.13. The van der Waals surface area contributed by atoms with Crippen LogP contribution in [0.15, 0.2) is 65.1 Å². The van der Waals surface area contributed by atoms with Gasteiger partial charge in [-0.1, -0.05) is 36.4 Å². The zero-order valence-corrected chi connectivity index (χ0v) is 12.1. The lowest BCUT2D eigenvalue weighted by Crippen LogP contribution is -1.87. The highest BCUT2D eigenvalue weighted by Gasteiger charge is 2.07. The van der Waals surface area contributed by atoms with Crippen molar-refractivity contribution in [1.82, 2.24) is 0 Å². The molecule has 0 N–H and O–H groups in total. The van der Waals surface area contributed by atoms with E-state index in [2.05, 4.69) is 28.1 Å². The molecule has 3 aromatic rings. The third kappa shape index (κ3) is 2.38. The average molecular weight is 324 g/mol. The molecule has 0 saturated carbocycles. The van der Waals surface area contributed by atoms with E-state index in [1.165, 1.54) is 0 Å². The molecular weight excluding hydrogens is 314 g/mol. The van der Waals surface area contributed by atoms with Gasteiger partial charge in [0.2, 0.25) is 0 Å². The summed E-state index contributed by atoms with van der Waals surface area (Å²) in [4.78, 5) is 0. The maximum atomic E-state index is 8.91. The van der Waals surface area contributed by atoms with Crippen molar-refractivity contribution in [3.8, 4) is 17.6 Å². The van der Waals surface area contributed by atoms with Gasteiger partial charge in [0.05, 0.1) is 16.1 Å². The first kappa shape index (κ1) is 12.7. The van der Waals surface area contributed by atoms with Crippen molar-refractivity contribution in [2.24, 2.45) is 0 Å². The van der Waals surface area contributed by atoms with Crippen LogP contribution in [0, 0.1) is 11.3 Å². The van der Waals surface area contributed by atoms with Crippen LogP contribution in [-0.4, -0.2) is 0 Å². The largest absolute Gasteiger partial charge is 0.456 e. The Hall–Kier alpha value is -2.31. The van der Waals surface area contributed by atoms with Crippen LogP contribution in [0.5, 0.6) is 11.5 Å². The molecule has 0 bridgehead atoms. The molecule has 0 saturated heterocycles. The van der Waals surface area contributed by atoms with Crippen molar-refractivity contribution in [1.29, 1.82) is 5.26 Å². The lowest BCUT2D eigenvalue weighted by molar-refractivity contribution is 0.480. The number of hydrogen-bond acceptors (Lipinski definition) is 2. The Labute approximate surface area is 125 Å². The summed E-state index contributed by atoms with van der Waals surface area (Å²) < 4.78 is 6.78. The Morgan fingerprint density at radius 3 is 2.65 bits per heavy atom. The van der Waals surface area contributed by atoms with Gasteiger partial charge in [-0.15, -0.1) is 0 Å². The molecule has 0 atom stereocenters. The number of ether oxygens (including phenoxy) is 1. The second kappa shape index (κ2) is 5.36. The molecule has 3 heteroatoms. The van der Waals surface area contributed by atoms with E-state index in [0.29, 0.717) is 11.3 Å². The third-order valence-electron chi connectivity index (χ3n) is 3.02. The lowest BCUT2D eigenvalue weighted by Gasteiger charge is -2.10. The summed E-state index contributed by atoms with van der Waals surface area (Å²) in [6.45, 7) is 0. The second-order valence-electron chi connectivity index (χ2n) is 4.34. The summed E-state index contributed by atoms with van der Waals surface area (Å²) in [6, 6.07) is 21.3. The molecule has 0 aliphatic heterocycles. The van der Waals surface area contributed by atoms with Gasteiger partial charge in [-0.05, 0) is 51.0 Å². The molecule has 0 spiro atoms. The smallest absolute Gasteiger partial charge is 0.142 e. The number of benzene rings is 3. The van der Waals surface area contributed by atoms with Crippen LogP contribution >= 0.6 is 15.9 Å². The van der Waals surface area contributed by atoms with Gasteiger partial charge in [-0.3, -0.25) is 0 Å². The van der Waals surface area contributed by atoms with Gasteiger partial charge in [-0.2, -0.15) is 5.26 Å². The number of rotatable bonds is 2. The van der Waals surface area contributed by atoms with Gasteiger partial charge in [0.1, 0.15) is 11.5 Å². The van der Waals surface area contributed by atoms with Gasteiger partial charge in [0.15, 0.2) is 0 Å². The maximum absolute atomic E-state index is 8.91. The van der Waals surface area contributed by atoms with E-state index in [1.807, 2.05) is 42.5 Å². The van der Waals surface area contributed by atoms with Crippen molar-refractivity contribution >= 4 is 26.7 Å². The normalized spacial score (nSPS) is 10.2. The predicted molar refractivity (Wildman–Crippen MR) is 82.9 cm³/mol. The van der Waals surface area contributed by atoms with E-state index >= 15 is 0 Å². The van der Waals surface area contributed by atoms with Crippen LogP contribution in [0.4, 0.5) is 0 Å². The highest BCUT2D eigenvalue weighted by Crippen LogP contribution is 2.35. The van der Waals surface area contributed by atoms with Crippen LogP contribution in [0.3, 0.4) is 0 Å². The molecule has 0 unspecified atom stereocenters. The molecule has 0 heterocycles. The molecule has 2 nitrogen and oxygen atoms in total. The molecule has 0 fully saturated rings. The first-order valence-electron chi connectivity index (χ1n) is 6.13. The van der Waals surface area contributed by atoms with Gasteiger partial charge < -0.3 is 4.74 Å². The predicted octanol–water partition coefficient (Wildman–Crippen LogP) is 5.27. The van der Waals surface area contributed by atoms with Gasteiger partial charge in [-0.25, -0.2) is 0 Å². The highest BCUT2D eigenvalue weighted by molar-refractivity contribution is 9.10. The lowest BCUT2D eigenvalue weighted by atomic mass is 10.1. The Morgan fingerprint density at radius 1 is 0.950 bits per heavy atom. The van der Waals surface area contributed by atoms with Crippen molar-refractivity contribution in [2.75, 3.05) is 0 Å².